The molecule has 0 unspecified atom stereocenters. The first-order valence-electron chi connectivity index (χ1n) is 6.66. The second-order valence-electron chi connectivity index (χ2n) is 5.05. The highest BCUT2D eigenvalue weighted by molar-refractivity contribution is 5.22. The zero-order valence-electron chi connectivity index (χ0n) is 11.0. The van der Waals surface area contributed by atoms with Crippen LogP contribution in [0, 0.1) is 5.82 Å². The fourth-order valence-electron chi connectivity index (χ4n) is 2.71. The zero-order valence-corrected chi connectivity index (χ0v) is 11.0. The van der Waals surface area contributed by atoms with Crippen molar-refractivity contribution < 1.29 is 9.50 Å². The van der Waals surface area contributed by atoms with Gasteiger partial charge < -0.3 is 5.11 Å². The molecular formula is C15H16FN3O. The number of hydrogen-bond donors (Lipinski definition) is 1. The molecule has 2 aromatic rings. The average molecular weight is 273 g/mol. The lowest BCUT2D eigenvalue weighted by Crippen LogP contribution is -2.25. The molecule has 0 bridgehead atoms. The maximum absolute atomic E-state index is 13.4. The van der Waals surface area contributed by atoms with E-state index < -0.39 is 6.10 Å². The number of hydrogen-bond acceptors (Lipinski definition) is 4. The fraction of sp³-hybridized carbons (Fsp3) is 0.333. The molecule has 0 spiro atoms. The largest absolute Gasteiger partial charge is 0.392 e. The lowest BCUT2D eigenvalue weighted by atomic mass is 10.0. The summed E-state index contributed by atoms with van der Waals surface area (Å²) in [5.41, 5.74) is 0.887. The molecule has 3 rings (SSSR count). The van der Waals surface area contributed by atoms with Crippen molar-refractivity contribution in [3.63, 3.8) is 0 Å². The number of halogens is 1. The summed E-state index contributed by atoms with van der Waals surface area (Å²) in [6.07, 6.45) is 3.61. The molecule has 1 aromatic carbocycles. The zero-order chi connectivity index (χ0) is 13.9. The summed E-state index contributed by atoms with van der Waals surface area (Å²) in [4.78, 5) is 10.5. The van der Waals surface area contributed by atoms with Crippen molar-refractivity contribution in [1.82, 2.24) is 14.9 Å². The Bertz CT molecular complexity index is 578. The first-order valence-corrected chi connectivity index (χ1v) is 6.66. The van der Waals surface area contributed by atoms with Crippen molar-refractivity contribution in [2.75, 3.05) is 6.54 Å². The molecule has 1 aliphatic heterocycles. The predicted octanol–water partition coefficient (Wildman–Crippen LogP) is 1.92. The number of aliphatic hydroxyl groups is 1. The van der Waals surface area contributed by atoms with Crippen molar-refractivity contribution >= 4 is 0 Å². The Morgan fingerprint density at radius 3 is 2.80 bits per heavy atom. The Morgan fingerprint density at radius 2 is 2.05 bits per heavy atom. The van der Waals surface area contributed by atoms with Crippen LogP contribution in [0.25, 0.3) is 0 Å². The molecule has 1 saturated heterocycles. The van der Waals surface area contributed by atoms with E-state index in [1.54, 1.807) is 24.5 Å². The molecule has 5 heteroatoms. The van der Waals surface area contributed by atoms with Gasteiger partial charge in [0.1, 0.15) is 11.6 Å². The molecular weight excluding hydrogens is 257 g/mol. The van der Waals surface area contributed by atoms with Crippen LogP contribution >= 0.6 is 0 Å². The normalized spacial score (nSPS) is 23.1. The van der Waals surface area contributed by atoms with Crippen LogP contribution in [0.2, 0.25) is 0 Å². The smallest absolute Gasteiger partial charge is 0.142 e. The van der Waals surface area contributed by atoms with E-state index in [0.29, 0.717) is 25.3 Å². The van der Waals surface area contributed by atoms with Crippen LogP contribution in [0.1, 0.15) is 23.9 Å². The van der Waals surface area contributed by atoms with Crippen LogP contribution in [0.3, 0.4) is 0 Å². The van der Waals surface area contributed by atoms with E-state index in [-0.39, 0.29) is 11.9 Å². The Balaban J connectivity index is 1.82. The van der Waals surface area contributed by atoms with Gasteiger partial charge in [-0.1, -0.05) is 12.1 Å². The molecule has 0 amide bonds. The lowest BCUT2D eigenvalue weighted by Gasteiger charge is -2.23. The van der Waals surface area contributed by atoms with Gasteiger partial charge in [-0.25, -0.2) is 14.4 Å². The molecule has 4 nitrogen and oxygen atoms in total. The second kappa shape index (κ2) is 5.64. The van der Waals surface area contributed by atoms with E-state index in [0.717, 1.165) is 5.56 Å². The number of β-amino-alcohol motifs (C(OH)–C–C–N with tert-alkyl or cyclic N) is 1. The molecule has 2 heterocycles. The maximum atomic E-state index is 13.4. The summed E-state index contributed by atoms with van der Waals surface area (Å²) >= 11 is 0. The van der Waals surface area contributed by atoms with Crippen molar-refractivity contribution in [3.8, 4) is 0 Å². The van der Waals surface area contributed by atoms with Gasteiger partial charge in [-0.3, -0.25) is 4.90 Å². The molecule has 104 valence electrons. The molecule has 1 fully saturated rings. The Kier molecular flexibility index (Phi) is 3.71. The standard InChI is InChI=1S/C15H16FN3O/c16-12-4-1-3-11(7-12)14-8-13(20)9-19(14)10-15-17-5-2-6-18-15/h1-7,13-14,20H,8-10H2/t13-,14-/m1/s1. The minimum absolute atomic E-state index is 0.00417. The molecule has 1 N–H and O–H groups in total. The highest BCUT2D eigenvalue weighted by Gasteiger charge is 2.32. The summed E-state index contributed by atoms with van der Waals surface area (Å²) in [5, 5.41) is 9.90. The minimum Gasteiger partial charge on any atom is -0.392 e. The van der Waals surface area contributed by atoms with Gasteiger partial charge in [0.15, 0.2) is 0 Å². The average Bonchev–Trinajstić information content (AvgIpc) is 2.81. The SMILES string of the molecule is O[C@@H]1C[C@H](c2cccc(F)c2)N(Cc2ncccn2)C1. The number of aliphatic hydroxyl groups excluding tert-OH is 1. The monoisotopic (exact) mass is 273 g/mol. The number of likely N-dealkylation sites (tertiary alicyclic amines) is 1. The van der Waals surface area contributed by atoms with Gasteiger partial charge in [-0.15, -0.1) is 0 Å². The van der Waals surface area contributed by atoms with Crippen LogP contribution in [-0.4, -0.2) is 32.6 Å². The number of rotatable bonds is 3. The molecule has 0 radical (unpaired) electrons. The van der Waals surface area contributed by atoms with E-state index in [4.69, 9.17) is 0 Å². The first-order chi connectivity index (χ1) is 9.72. The van der Waals surface area contributed by atoms with Crippen molar-refractivity contribution in [2.24, 2.45) is 0 Å². The number of benzene rings is 1. The molecule has 20 heavy (non-hydrogen) atoms. The molecule has 1 aliphatic rings. The highest BCUT2D eigenvalue weighted by atomic mass is 19.1. The topological polar surface area (TPSA) is 49.2 Å². The quantitative estimate of drug-likeness (QED) is 0.928. The summed E-state index contributed by atoms with van der Waals surface area (Å²) < 4.78 is 13.4. The summed E-state index contributed by atoms with van der Waals surface area (Å²) in [7, 11) is 0. The van der Waals surface area contributed by atoms with Gasteiger partial charge in [0, 0.05) is 25.0 Å². The van der Waals surface area contributed by atoms with Crippen molar-refractivity contribution in [3.05, 3.63) is 59.9 Å². The minimum atomic E-state index is -0.396. The van der Waals surface area contributed by atoms with Crippen molar-refractivity contribution in [2.45, 2.75) is 25.1 Å². The third-order valence-corrected chi connectivity index (χ3v) is 3.58. The Morgan fingerprint density at radius 1 is 1.25 bits per heavy atom. The van der Waals surface area contributed by atoms with Crippen LogP contribution in [0.15, 0.2) is 42.7 Å². The lowest BCUT2D eigenvalue weighted by molar-refractivity contribution is 0.171. The highest BCUT2D eigenvalue weighted by Crippen LogP contribution is 2.33. The van der Waals surface area contributed by atoms with Crippen LogP contribution < -0.4 is 0 Å². The molecule has 1 aromatic heterocycles. The van der Waals surface area contributed by atoms with E-state index in [1.807, 2.05) is 6.07 Å². The first kappa shape index (κ1) is 13.1. The summed E-state index contributed by atoms with van der Waals surface area (Å²) in [6.45, 7) is 1.11. The maximum Gasteiger partial charge on any atom is 0.142 e. The van der Waals surface area contributed by atoms with Crippen LogP contribution in [0.5, 0.6) is 0 Å². The summed E-state index contributed by atoms with van der Waals surface area (Å²) in [5.74, 6) is 0.461. The number of aromatic nitrogens is 2. The van der Waals surface area contributed by atoms with Gasteiger partial charge in [-0.2, -0.15) is 0 Å². The predicted molar refractivity (Wildman–Crippen MR) is 72.2 cm³/mol. The second-order valence-corrected chi connectivity index (χ2v) is 5.05. The van der Waals surface area contributed by atoms with E-state index in [2.05, 4.69) is 14.9 Å². The number of nitrogens with zero attached hydrogens (tertiary/aromatic N) is 3. The van der Waals surface area contributed by atoms with Crippen LogP contribution in [0.4, 0.5) is 4.39 Å². The van der Waals surface area contributed by atoms with Gasteiger partial charge >= 0.3 is 0 Å². The van der Waals surface area contributed by atoms with E-state index >= 15 is 0 Å². The van der Waals surface area contributed by atoms with Crippen LogP contribution in [-0.2, 0) is 6.54 Å². The van der Waals surface area contributed by atoms with Gasteiger partial charge in [0.25, 0.3) is 0 Å². The molecule has 2 atom stereocenters. The van der Waals surface area contributed by atoms with Crippen molar-refractivity contribution in [1.29, 1.82) is 0 Å². The third-order valence-electron chi connectivity index (χ3n) is 3.58. The van der Waals surface area contributed by atoms with E-state index in [1.165, 1.54) is 12.1 Å². The Hall–Kier alpha value is -1.85. The van der Waals surface area contributed by atoms with Gasteiger partial charge in [0.05, 0.1) is 12.6 Å². The third kappa shape index (κ3) is 2.84. The summed E-state index contributed by atoms with van der Waals surface area (Å²) in [6, 6.07) is 8.33. The fourth-order valence-corrected chi connectivity index (χ4v) is 2.71. The Labute approximate surface area is 116 Å². The van der Waals surface area contributed by atoms with Gasteiger partial charge in [0.2, 0.25) is 0 Å². The van der Waals surface area contributed by atoms with E-state index in [9.17, 15) is 9.50 Å². The molecule has 0 aliphatic carbocycles. The van der Waals surface area contributed by atoms with Gasteiger partial charge in [-0.05, 0) is 30.2 Å². The molecule has 0 saturated carbocycles.